The Labute approximate surface area is 124 Å². The van der Waals surface area contributed by atoms with E-state index in [9.17, 15) is 8.42 Å². The Bertz CT molecular complexity index is 617. The van der Waals surface area contributed by atoms with Crippen LogP contribution in [0, 0.1) is 0 Å². The van der Waals surface area contributed by atoms with Crippen molar-refractivity contribution in [2.45, 2.75) is 17.9 Å². The Morgan fingerprint density at radius 1 is 1.29 bits per heavy atom. The van der Waals surface area contributed by atoms with E-state index in [2.05, 4.69) is 0 Å². The van der Waals surface area contributed by atoms with E-state index >= 15 is 0 Å². The number of hydrogen-bond acceptors (Lipinski definition) is 6. The van der Waals surface area contributed by atoms with Crippen LogP contribution in [-0.4, -0.2) is 52.7 Å². The maximum absolute atomic E-state index is 12.8. The monoisotopic (exact) mass is 316 g/mol. The van der Waals surface area contributed by atoms with Crippen LogP contribution in [0.25, 0.3) is 0 Å². The standard InChI is InChI=1S/C13H20N2O5S/c1-9-8-20-5-4-15(9)21(16,17)13-6-10(14)11(18-2)7-12(13)19-3/h6-7,9H,4-5,8,14H2,1-3H3. The molecule has 0 aliphatic carbocycles. The van der Waals surface area contributed by atoms with E-state index in [1.807, 2.05) is 0 Å². The molecule has 1 fully saturated rings. The molecule has 1 heterocycles. The van der Waals surface area contributed by atoms with Crippen LogP contribution >= 0.6 is 0 Å². The number of sulfonamides is 1. The molecule has 7 nitrogen and oxygen atoms in total. The second-order valence-electron chi connectivity index (χ2n) is 4.78. The first-order valence-corrected chi connectivity index (χ1v) is 7.97. The van der Waals surface area contributed by atoms with E-state index in [1.165, 1.54) is 30.7 Å². The van der Waals surface area contributed by atoms with E-state index in [4.69, 9.17) is 19.9 Å². The number of methoxy groups -OCH3 is 2. The lowest BCUT2D eigenvalue weighted by molar-refractivity contribution is 0.0392. The fourth-order valence-electron chi connectivity index (χ4n) is 2.29. The van der Waals surface area contributed by atoms with E-state index in [0.29, 0.717) is 25.5 Å². The van der Waals surface area contributed by atoms with Gasteiger partial charge in [-0.1, -0.05) is 0 Å². The molecule has 21 heavy (non-hydrogen) atoms. The van der Waals surface area contributed by atoms with Gasteiger partial charge in [-0.15, -0.1) is 0 Å². The summed E-state index contributed by atoms with van der Waals surface area (Å²) in [6.07, 6.45) is 0. The van der Waals surface area contributed by atoms with Crippen molar-refractivity contribution in [1.82, 2.24) is 4.31 Å². The Morgan fingerprint density at radius 3 is 2.52 bits per heavy atom. The lowest BCUT2D eigenvalue weighted by Gasteiger charge is -2.32. The Kier molecular flexibility index (Phi) is 4.60. The van der Waals surface area contributed by atoms with Crippen LogP contribution in [0.3, 0.4) is 0 Å². The fourth-order valence-corrected chi connectivity index (χ4v) is 4.06. The third kappa shape index (κ3) is 2.92. The number of nitrogen functional groups attached to an aromatic ring is 1. The predicted octanol–water partition coefficient (Wildman–Crippen LogP) is 0.695. The molecule has 1 aliphatic rings. The molecule has 0 radical (unpaired) electrons. The van der Waals surface area contributed by atoms with Crippen molar-refractivity contribution in [3.8, 4) is 11.5 Å². The average Bonchev–Trinajstić information content (AvgIpc) is 2.47. The molecular formula is C13H20N2O5S. The second kappa shape index (κ2) is 6.08. The van der Waals surface area contributed by atoms with Crippen LogP contribution in [0.5, 0.6) is 11.5 Å². The van der Waals surface area contributed by atoms with Gasteiger partial charge in [0, 0.05) is 18.7 Å². The largest absolute Gasteiger partial charge is 0.495 e. The summed E-state index contributed by atoms with van der Waals surface area (Å²) < 4.78 is 42.6. The van der Waals surface area contributed by atoms with Gasteiger partial charge in [0.2, 0.25) is 10.0 Å². The first kappa shape index (κ1) is 15.9. The highest BCUT2D eigenvalue weighted by Crippen LogP contribution is 2.36. The van der Waals surface area contributed by atoms with Gasteiger partial charge in [0.1, 0.15) is 16.4 Å². The van der Waals surface area contributed by atoms with Gasteiger partial charge in [-0.25, -0.2) is 8.42 Å². The molecule has 2 rings (SSSR count). The number of hydrogen-bond donors (Lipinski definition) is 1. The van der Waals surface area contributed by atoms with Gasteiger partial charge in [0.15, 0.2) is 0 Å². The van der Waals surface area contributed by atoms with E-state index in [-0.39, 0.29) is 22.4 Å². The van der Waals surface area contributed by atoms with Crippen LogP contribution in [0.15, 0.2) is 17.0 Å². The van der Waals surface area contributed by atoms with Gasteiger partial charge >= 0.3 is 0 Å². The van der Waals surface area contributed by atoms with Crippen LogP contribution in [0.4, 0.5) is 5.69 Å². The maximum atomic E-state index is 12.8. The minimum Gasteiger partial charge on any atom is -0.495 e. The number of morpholine rings is 1. The zero-order valence-electron chi connectivity index (χ0n) is 12.3. The maximum Gasteiger partial charge on any atom is 0.247 e. The molecule has 0 bridgehead atoms. The molecule has 1 aromatic carbocycles. The second-order valence-corrected chi connectivity index (χ2v) is 6.64. The van der Waals surface area contributed by atoms with Crippen molar-refractivity contribution >= 4 is 15.7 Å². The Balaban J connectivity index is 2.51. The number of nitrogens with two attached hydrogens (primary N) is 1. The van der Waals surface area contributed by atoms with Crippen LogP contribution in [0.2, 0.25) is 0 Å². The fraction of sp³-hybridized carbons (Fsp3) is 0.538. The third-order valence-corrected chi connectivity index (χ3v) is 5.44. The van der Waals surface area contributed by atoms with Crippen molar-refractivity contribution in [1.29, 1.82) is 0 Å². The molecule has 118 valence electrons. The summed E-state index contributed by atoms with van der Waals surface area (Å²) in [4.78, 5) is 0.0389. The van der Waals surface area contributed by atoms with Gasteiger partial charge in [0.25, 0.3) is 0 Å². The smallest absolute Gasteiger partial charge is 0.247 e. The van der Waals surface area contributed by atoms with Crippen molar-refractivity contribution < 1.29 is 22.6 Å². The number of anilines is 1. The summed E-state index contributed by atoms with van der Waals surface area (Å²) in [6, 6.07) is 2.61. The molecule has 0 spiro atoms. The van der Waals surface area contributed by atoms with E-state index < -0.39 is 10.0 Å². The normalized spacial score (nSPS) is 20.2. The minimum absolute atomic E-state index is 0.0389. The average molecular weight is 316 g/mol. The topological polar surface area (TPSA) is 91.1 Å². The number of rotatable bonds is 4. The van der Waals surface area contributed by atoms with Gasteiger partial charge in [-0.3, -0.25) is 0 Å². The quantitative estimate of drug-likeness (QED) is 0.822. The first-order valence-electron chi connectivity index (χ1n) is 6.53. The Morgan fingerprint density at radius 2 is 1.95 bits per heavy atom. The highest BCUT2D eigenvalue weighted by Gasteiger charge is 2.34. The lowest BCUT2D eigenvalue weighted by Crippen LogP contribution is -2.47. The molecule has 1 atom stereocenters. The Hall–Kier alpha value is -1.51. The SMILES string of the molecule is COc1cc(OC)c(S(=O)(=O)N2CCOCC2C)cc1N. The molecule has 1 aromatic rings. The number of ether oxygens (including phenoxy) is 3. The minimum atomic E-state index is -3.71. The number of nitrogens with zero attached hydrogens (tertiary/aromatic N) is 1. The summed E-state index contributed by atoms with van der Waals surface area (Å²) in [6.45, 7) is 2.85. The molecule has 1 aliphatic heterocycles. The summed E-state index contributed by atoms with van der Waals surface area (Å²) in [7, 11) is -0.838. The highest BCUT2D eigenvalue weighted by atomic mass is 32.2. The molecule has 2 N–H and O–H groups in total. The van der Waals surface area contributed by atoms with Gasteiger partial charge in [-0.2, -0.15) is 4.31 Å². The molecule has 0 amide bonds. The lowest BCUT2D eigenvalue weighted by atomic mass is 10.3. The summed E-state index contributed by atoms with van der Waals surface area (Å²) >= 11 is 0. The highest BCUT2D eigenvalue weighted by molar-refractivity contribution is 7.89. The predicted molar refractivity (Wildman–Crippen MR) is 78.1 cm³/mol. The molecule has 0 saturated carbocycles. The summed E-state index contributed by atoms with van der Waals surface area (Å²) in [5, 5.41) is 0. The van der Waals surface area contributed by atoms with Gasteiger partial charge < -0.3 is 19.9 Å². The van der Waals surface area contributed by atoms with Crippen LogP contribution in [-0.2, 0) is 14.8 Å². The van der Waals surface area contributed by atoms with Gasteiger partial charge in [0.05, 0.1) is 33.1 Å². The molecule has 1 saturated heterocycles. The molecule has 8 heteroatoms. The van der Waals surface area contributed by atoms with Crippen molar-refractivity contribution in [2.24, 2.45) is 0 Å². The first-order chi connectivity index (χ1) is 9.91. The third-order valence-electron chi connectivity index (χ3n) is 3.41. The van der Waals surface area contributed by atoms with E-state index in [1.54, 1.807) is 6.92 Å². The van der Waals surface area contributed by atoms with Crippen LogP contribution < -0.4 is 15.2 Å². The zero-order chi connectivity index (χ0) is 15.6. The summed E-state index contributed by atoms with van der Waals surface area (Å²) in [5.74, 6) is 0.584. The van der Waals surface area contributed by atoms with Crippen molar-refractivity contribution in [2.75, 3.05) is 39.7 Å². The van der Waals surface area contributed by atoms with Crippen molar-refractivity contribution in [3.05, 3.63) is 12.1 Å². The molecule has 0 aromatic heterocycles. The van der Waals surface area contributed by atoms with Crippen LogP contribution in [0.1, 0.15) is 6.92 Å². The van der Waals surface area contributed by atoms with Gasteiger partial charge in [-0.05, 0) is 13.0 Å². The zero-order valence-corrected chi connectivity index (χ0v) is 13.1. The summed E-state index contributed by atoms with van der Waals surface area (Å²) in [5.41, 5.74) is 6.08. The van der Waals surface area contributed by atoms with Crippen molar-refractivity contribution in [3.63, 3.8) is 0 Å². The number of benzene rings is 1. The molecular weight excluding hydrogens is 296 g/mol. The van der Waals surface area contributed by atoms with E-state index in [0.717, 1.165) is 0 Å². The molecule has 1 unspecified atom stereocenters.